The highest BCUT2D eigenvalue weighted by Gasteiger charge is 1.92. The Labute approximate surface area is 57.7 Å². The van der Waals surface area contributed by atoms with Gasteiger partial charge in [-0.05, 0) is 11.6 Å². The fourth-order valence-corrected chi connectivity index (χ4v) is 0.664. The van der Waals surface area contributed by atoms with Crippen molar-refractivity contribution >= 4 is 6.29 Å². The maximum Gasteiger partial charge on any atom is 0.141 e. The number of carbonyl (C=O) groups is 1. The summed E-state index contributed by atoms with van der Waals surface area (Å²) in [4.78, 5) is 13.5. The molecule has 0 unspecified atom stereocenters. The highest BCUT2D eigenvalue weighted by Crippen LogP contribution is 1.99. The fourth-order valence-electron chi connectivity index (χ4n) is 0.664. The van der Waals surface area contributed by atoms with Gasteiger partial charge in [-0.1, -0.05) is 0 Å². The maximum atomic E-state index is 12.3. The van der Waals surface area contributed by atoms with Gasteiger partial charge in [0.15, 0.2) is 0 Å². The van der Waals surface area contributed by atoms with Gasteiger partial charge in [0.1, 0.15) is 12.1 Å². The third kappa shape index (κ3) is 1.62. The van der Waals surface area contributed by atoms with Crippen LogP contribution < -0.4 is 0 Å². The van der Waals surface area contributed by atoms with Crippen LogP contribution in [-0.4, -0.2) is 11.3 Å². The maximum absolute atomic E-state index is 12.3. The number of hydrogen-bond donors (Lipinski definition) is 0. The molecule has 0 amide bonds. The quantitative estimate of drug-likeness (QED) is 0.571. The van der Waals surface area contributed by atoms with Crippen LogP contribution in [0.1, 0.15) is 5.56 Å². The third-order valence-electron chi connectivity index (χ3n) is 1.08. The molecule has 0 aliphatic carbocycles. The zero-order valence-corrected chi connectivity index (χ0v) is 5.25. The lowest BCUT2D eigenvalue weighted by atomic mass is 10.2. The van der Waals surface area contributed by atoms with E-state index in [1.165, 1.54) is 12.3 Å². The predicted octanol–water partition coefficient (Wildman–Crippen LogP) is 0.962. The Balaban J connectivity index is 2.84. The lowest BCUT2D eigenvalue weighted by Crippen LogP contribution is -1.88. The molecule has 1 heterocycles. The van der Waals surface area contributed by atoms with Crippen molar-refractivity contribution in [3.8, 4) is 0 Å². The van der Waals surface area contributed by atoms with Gasteiger partial charge in [-0.3, -0.25) is 4.98 Å². The molecule has 0 aromatic carbocycles. The Morgan fingerprint density at radius 2 is 2.40 bits per heavy atom. The summed E-state index contributed by atoms with van der Waals surface area (Å²) in [5.74, 6) is -0.403. The zero-order valence-electron chi connectivity index (χ0n) is 5.25. The van der Waals surface area contributed by atoms with Gasteiger partial charge >= 0.3 is 0 Å². The highest BCUT2D eigenvalue weighted by atomic mass is 19.1. The lowest BCUT2D eigenvalue weighted by molar-refractivity contribution is -0.107. The van der Waals surface area contributed by atoms with Gasteiger partial charge in [-0.25, -0.2) is 4.39 Å². The van der Waals surface area contributed by atoms with Gasteiger partial charge in [0.25, 0.3) is 0 Å². The highest BCUT2D eigenvalue weighted by molar-refractivity contribution is 5.54. The summed E-state index contributed by atoms with van der Waals surface area (Å²) in [5, 5.41) is 0. The monoisotopic (exact) mass is 139 g/mol. The summed E-state index contributed by atoms with van der Waals surface area (Å²) in [6.07, 6.45) is 3.52. The summed E-state index contributed by atoms with van der Waals surface area (Å²) in [6.45, 7) is 0. The minimum absolute atomic E-state index is 0.227. The molecular weight excluding hydrogens is 133 g/mol. The Kier molecular flexibility index (Phi) is 2.10. The molecule has 1 aromatic heterocycles. The standard InChI is InChI=1S/C7H6FNO/c8-7-3-6(1-2-10)4-9-5-7/h2-5H,1H2. The Morgan fingerprint density at radius 1 is 1.60 bits per heavy atom. The van der Waals surface area contributed by atoms with E-state index in [-0.39, 0.29) is 6.42 Å². The van der Waals surface area contributed by atoms with E-state index in [1.807, 2.05) is 0 Å². The molecule has 3 heteroatoms. The molecule has 0 aliphatic heterocycles. The molecule has 0 saturated carbocycles. The number of halogens is 1. The van der Waals surface area contributed by atoms with Crippen molar-refractivity contribution in [2.75, 3.05) is 0 Å². The second kappa shape index (κ2) is 3.06. The second-order valence-electron chi connectivity index (χ2n) is 1.88. The first-order valence-corrected chi connectivity index (χ1v) is 2.86. The molecule has 52 valence electrons. The summed E-state index contributed by atoms with van der Waals surface area (Å²) in [5.41, 5.74) is 0.606. The van der Waals surface area contributed by atoms with Gasteiger partial charge in [0, 0.05) is 12.6 Å². The number of carbonyl (C=O) groups excluding carboxylic acids is 1. The Morgan fingerprint density at radius 3 is 3.00 bits per heavy atom. The number of rotatable bonds is 2. The molecule has 1 aromatic rings. The largest absolute Gasteiger partial charge is 0.303 e. The molecule has 0 bridgehead atoms. The number of hydrogen-bond acceptors (Lipinski definition) is 2. The summed E-state index contributed by atoms with van der Waals surface area (Å²) in [6, 6.07) is 1.29. The molecule has 0 fully saturated rings. The predicted molar refractivity (Wildman–Crippen MR) is 34.0 cm³/mol. The van der Waals surface area contributed by atoms with E-state index in [0.29, 0.717) is 5.56 Å². The van der Waals surface area contributed by atoms with Crippen molar-refractivity contribution in [1.82, 2.24) is 4.98 Å². The zero-order chi connectivity index (χ0) is 7.40. The first-order valence-electron chi connectivity index (χ1n) is 2.86. The smallest absolute Gasteiger partial charge is 0.141 e. The van der Waals surface area contributed by atoms with Crippen molar-refractivity contribution in [1.29, 1.82) is 0 Å². The minimum Gasteiger partial charge on any atom is -0.303 e. The molecule has 2 nitrogen and oxygen atoms in total. The molecule has 0 saturated heterocycles. The first-order chi connectivity index (χ1) is 4.83. The number of aldehydes is 1. The molecule has 10 heavy (non-hydrogen) atoms. The van der Waals surface area contributed by atoms with Crippen molar-refractivity contribution in [3.63, 3.8) is 0 Å². The van der Waals surface area contributed by atoms with E-state index in [1.54, 1.807) is 0 Å². The molecule has 0 N–H and O–H groups in total. The lowest BCUT2D eigenvalue weighted by Gasteiger charge is -1.91. The van der Waals surface area contributed by atoms with Crippen LogP contribution in [0.25, 0.3) is 0 Å². The Hall–Kier alpha value is -1.25. The van der Waals surface area contributed by atoms with E-state index in [2.05, 4.69) is 4.98 Å². The molecule has 1 rings (SSSR count). The van der Waals surface area contributed by atoms with E-state index in [9.17, 15) is 9.18 Å². The van der Waals surface area contributed by atoms with E-state index in [0.717, 1.165) is 12.5 Å². The van der Waals surface area contributed by atoms with Crippen molar-refractivity contribution in [2.45, 2.75) is 6.42 Å². The average Bonchev–Trinajstić information content (AvgIpc) is 1.88. The van der Waals surface area contributed by atoms with Crippen LogP contribution >= 0.6 is 0 Å². The van der Waals surface area contributed by atoms with Crippen LogP contribution in [0, 0.1) is 5.82 Å². The van der Waals surface area contributed by atoms with Gasteiger partial charge in [0.2, 0.25) is 0 Å². The van der Waals surface area contributed by atoms with Gasteiger partial charge in [-0.15, -0.1) is 0 Å². The summed E-state index contributed by atoms with van der Waals surface area (Å²) >= 11 is 0. The van der Waals surface area contributed by atoms with Crippen LogP contribution in [0.2, 0.25) is 0 Å². The SMILES string of the molecule is O=CCc1cncc(F)c1. The van der Waals surface area contributed by atoms with E-state index >= 15 is 0 Å². The average molecular weight is 139 g/mol. The minimum atomic E-state index is -0.403. The normalized spacial score (nSPS) is 9.30. The summed E-state index contributed by atoms with van der Waals surface area (Å²) in [7, 11) is 0. The number of nitrogens with zero attached hydrogens (tertiary/aromatic N) is 1. The van der Waals surface area contributed by atoms with Crippen LogP contribution in [-0.2, 0) is 11.2 Å². The Bertz CT molecular complexity index is 237. The first kappa shape index (κ1) is 6.86. The molecule has 0 radical (unpaired) electrons. The van der Waals surface area contributed by atoms with E-state index in [4.69, 9.17) is 0 Å². The van der Waals surface area contributed by atoms with Crippen molar-refractivity contribution < 1.29 is 9.18 Å². The van der Waals surface area contributed by atoms with E-state index < -0.39 is 5.82 Å². The molecule has 0 aliphatic rings. The summed E-state index contributed by atoms with van der Waals surface area (Å²) < 4.78 is 12.3. The molecule has 0 atom stereocenters. The number of pyridine rings is 1. The fraction of sp³-hybridized carbons (Fsp3) is 0.143. The number of aromatic nitrogens is 1. The van der Waals surface area contributed by atoms with Crippen molar-refractivity contribution in [3.05, 3.63) is 29.8 Å². The van der Waals surface area contributed by atoms with Gasteiger partial charge in [0.05, 0.1) is 6.20 Å². The topological polar surface area (TPSA) is 30.0 Å². The van der Waals surface area contributed by atoms with Crippen molar-refractivity contribution in [2.24, 2.45) is 0 Å². The van der Waals surface area contributed by atoms with Crippen LogP contribution in [0.3, 0.4) is 0 Å². The van der Waals surface area contributed by atoms with Crippen LogP contribution in [0.5, 0.6) is 0 Å². The van der Waals surface area contributed by atoms with Crippen LogP contribution in [0.4, 0.5) is 4.39 Å². The molecule has 0 spiro atoms. The van der Waals surface area contributed by atoms with Gasteiger partial charge < -0.3 is 4.79 Å². The second-order valence-corrected chi connectivity index (χ2v) is 1.88. The third-order valence-corrected chi connectivity index (χ3v) is 1.08. The van der Waals surface area contributed by atoms with Crippen LogP contribution in [0.15, 0.2) is 18.5 Å². The van der Waals surface area contributed by atoms with Gasteiger partial charge in [-0.2, -0.15) is 0 Å². The molecular formula is C7H6FNO.